The zero-order valence-corrected chi connectivity index (χ0v) is 29.9. The van der Waals surface area contributed by atoms with Crippen LogP contribution in [-0.2, 0) is 5.41 Å². The first kappa shape index (κ1) is 30.2. The number of hydrogen-bond donors (Lipinski definition) is 0. The van der Waals surface area contributed by atoms with E-state index in [0.717, 1.165) is 49.9 Å². The zero-order valence-electron chi connectivity index (χ0n) is 29.1. The number of pyridine rings is 1. The van der Waals surface area contributed by atoms with E-state index in [1.54, 1.807) is 0 Å². The van der Waals surface area contributed by atoms with Crippen molar-refractivity contribution in [1.82, 2.24) is 15.0 Å². The van der Waals surface area contributed by atoms with Gasteiger partial charge in [-0.15, -0.1) is 11.3 Å². The van der Waals surface area contributed by atoms with E-state index in [-0.39, 0.29) is 5.41 Å². The van der Waals surface area contributed by atoms with Crippen LogP contribution in [0.4, 0.5) is 0 Å². The Balaban J connectivity index is 0.898. The van der Waals surface area contributed by atoms with Crippen molar-refractivity contribution in [2.45, 2.75) is 19.3 Å². The number of furan rings is 1. The highest BCUT2D eigenvalue weighted by atomic mass is 32.1. The van der Waals surface area contributed by atoms with Crippen molar-refractivity contribution >= 4 is 53.4 Å². The van der Waals surface area contributed by atoms with Crippen molar-refractivity contribution in [2.75, 3.05) is 0 Å². The molecule has 1 aliphatic carbocycles. The maximum atomic E-state index is 6.26. The van der Waals surface area contributed by atoms with Crippen LogP contribution in [0, 0.1) is 0 Å². The Hall–Kier alpha value is -6.43. The number of fused-ring (bicyclic) bond motifs is 9. The molecule has 0 amide bonds. The van der Waals surface area contributed by atoms with Crippen molar-refractivity contribution < 1.29 is 4.42 Å². The molecule has 0 spiro atoms. The quantitative estimate of drug-likeness (QED) is 0.184. The second-order valence-corrected chi connectivity index (χ2v) is 15.5. The highest BCUT2D eigenvalue weighted by Gasteiger charge is 2.36. The summed E-state index contributed by atoms with van der Waals surface area (Å²) in [6.07, 6.45) is 5.88. The molecule has 1 aliphatic rings. The molecule has 0 unspecified atom stereocenters. The minimum absolute atomic E-state index is 0.182. The highest BCUT2D eigenvalue weighted by Crippen LogP contribution is 2.51. The second kappa shape index (κ2) is 11.3. The molecule has 0 atom stereocenters. The summed E-state index contributed by atoms with van der Waals surface area (Å²) in [6, 6.07) is 47.5. The van der Waals surface area contributed by atoms with Crippen molar-refractivity contribution in [2.24, 2.45) is 0 Å². The maximum absolute atomic E-state index is 6.26. The first-order chi connectivity index (χ1) is 26.0. The topological polar surface area (TPSA) is 51.8 Å². The van der Waals surface area contributed by atoms with Gasteiger partial charge in [-0.05, 0) is 69.8 Å². The summed E-state index contributed by atoms with van der Waals surface area (Å²) in [5, 5.41) is 4.77. The fourth-order valence-corrected chi connectivity index (χ4v) is 9.53. The van der Waals surface area contributed by atoms with E-state index in [4.69, 9.17) is 19.4 Å². The van der Waals surface area contributed by atoms with Crippen LogP contribution < -0.4 is 0 Å². The molecule has 53 heavy (non-hydrogen) atoms. The van der Waals surface area contributed by atoms with E-state index in [1.165, 1.54) is 53.6 Å². The van der Waals surface area contributed by atoms with Gasteiger partial charge in [0.05, 0.1) is 11.3 Å². The molecular formula is C48H31N3OS. The average Bonchev–Trinajstić information content (AvgIpc) is 3.86. The molecule has 4 nitrogen and oxygen atoms in total. The number of para-hydroxylation sites is 2. The van der Waals surface area contributed by atoms with Crippen LogP contribution in [0.25, 0.3) is 98.1 Å². The van der Waals surface area contributed by atoms with Crippen LogP contribution in [0.1, 0.15) is 25.0 Å². The summed E-state index contributed by atoms with van der Waals surface area (Å²) in [5.41, 5.74) is 14.1. The van der Waals surface area contributed by atoms with Crippen LogP contribution in [0.2, 0.25) is 0 Å². The minimum Gasteiger partial charge on any atom is -0.455 e. The Morgan fingerprint density at radius 3 is 1.87 bits per heavy atom. The molecule has 250 valence electrons. The van der Waals surface area contributed by atoms with Crippen molar-refractivity contribution in [3.8, 4) is 56.0 Å². The lowest BCUT2D eigenvalue weighted by molar-refractivity contribution is 0.661. The number of hydrogen-bond acceptors (Lipinski definition) is 5. The third-order valence-electron chi connectivity index (χ3n) is 11.1. The number of benzene rings is 6. The third-order valence-corrected chi connectivity index (χ3v) is 12.3. The second-order valence-electron chi connectivity index (χ2n) is 14.4. The third kappa shape index (κ3) is 4.57. The molecule has 10 aromatic rings. The predicted octanol–water partition coefficient (Wildman–Crippen LogP) is 13.1. The predicted molar refractivity (Wildman–Crippen MR) is 219 cm³/mol. The van der Waals surface area contributed by atoms with E-state index in [0.29, 0.717) is 5.82 Å². The first-order valence-electron chi connectivity index (χ1n) is 17.9. The Labute approximate surface area is 310 Å². The van der Waals surface area contributed by atoms with E-state index in [2.05, 4.69) is 117 Å². The lowest BCUT2D eigenvalue weighted by Crippen LogP contribution is -2.15. The van der Waals surface area contributed by atoms with Crippen LogP contribution in [0.15, 0.2) is 156 Å². The van der Waals surface area contributed by atoms with Gasteiger partial charge in [-0.1, -0.05) is 111 Å². The molecule has 6 aromatic carbocycles. The summed E-state index contributed by atoms with van der Waals surface area (Å²) in [4.78, 5) is 14.7. The summed E-state index contributed by atoms with van der Waals surface area (Å²) in [5.74, 6) is 0.652. The van der Waals surface area contributed by atoms with Gasteiger partial charge in [0.2, 0.25) is 0 Å². The van der Waals surface area contributed by atoms with E-state index in [9.17, 15) is 0 Å². The average molecular weight is 698 g/mol. The monoisotopic (exact) mass is 697 g/mol. The first-order valence-corrected chi connectivity index (χ1v) is 18.7. The van der Waals surface area contributed by atoms with Crippen molar-refractivity contribution in [3.05, 3.63) is 163 Å². The lowest BCUT2D eigenvalue weighted by atomic mass is 9.81. The minimum atomic E-state index is -0.182. The summed E-state index contributed by atoms with van der Waals surface area (Å²) in [7, 11) is 0. The standard InChI is InChI=1S/C48H31N3OS/c1-48(2)40-23-28(30-19-22-42(49-25-30)38-13-8-12-37-35-10-4-6-16-44(35)53-46(37)38)17-20-32(40)33-21-18-29(24-41(33)48)31-26-50-47(51-27-31)39-14-7-11-36-34-9-3-5-15-43(34)52-45(36)39/h3-27H,1-2H3. The Kier molecular flexibility index (Phi) is 6.43. The fourth-order valence-electron chi connectivity index (χ4n) is 8.31. The van der Waals surface area contributed by atoms with E-state index < -0.39 is 0 Å². The molecule has 0 fully saturated rings. The zero-order chi connectivity index (χ0) is 35.3. The van der Waals surface area contributed by atoms with Gasteiger partial charge in [0.15, 0.2) is 5.82 Å². The highest BCUT2D eigenvalue weighted by molar-refractivity contribution is 7.26. The molecule has 4 heterocycles. The van der Waals surface area contributed by atoms with Gasteiger partial charge in [-0.3, -0.25) is 4.98 Å². The van der Waals surface area contributed by atoms with Crippen molar-refractivity contribution in [1.29, 1.82) is 0 Å². The number of thiophene rings is 1. The lowest BCUT2D eigenvalue weighted by Gasteiger charge is -2.22. The smallest absolute Gasteiger partial charge is 0.162 e. The van der Waals surface area contributed by atoms with Gasteiger partial charge in [-0.25, -0.2) is 9.97 Å². The van der Waals surface area contributed by atoms with E-state index >= 15 is 0 Å². The fraction of sp³-hybridized carbons (Fsp3) is 0.0625. The molecule has 0 saturated heterocycles. The van der Waals surface area contributed by atoms with Gasteiger partial charge in [-0.2, -0.15) is 0 Å². The Bertz CT molecular complexity index is 2870. The van der Waals surface area contributed by atoms with Crippen LogP contribution in [0.5, 0.6) is 0 Å². The van der Waals surface area contributed by atoms with Gasteiger partial charge in [0.25, 0.3) is 0 Å². The Morgan fingerprint density at radius 2 is 1.11 bits per heavy atom. The summed E-state index contributed by atoms with van der Waals surface area (Å²) < 4.78 is 8.85. The van der Waals surface area contributed by atoms with Crippen molar-refractivity contribution in [3.63, 3.8) is 0 Å². The van der Waals surface area contributed by atoms with Crippen LogP contribution in [-0.4, -0.2) is 15.0 Å². The molecule has 4 aromatic heterocycles. The van der Waals surface area contributed by atoms with Gasteiger partial charge in [0, 0.05) is 71.6 Å². The normalized spacial score (nSPS) is 13.2. The van der Waals surface area contributed by atoms with Gasteiger partial charge >= 0.3 is 0 Å². The molecule has 0 aliphatic heterocycles. The molecule has 11 rings (SSSR count). The SMILES string of the molecule is CC1(C)c2cc(-c3ccc(-c4cccc5c4sc4ccccc45)nc3)ccc2-c2ccc(-c3cnc(-c4cccc5c4oc4ccccc45)nc3)cc21. The molecule has 0 radical (unpaired) electrons. The molecule has 5 heteroatoms. The van der Waals surface area contributed by atoms with Gasteiger partial charge < -0.3 is 4.42 Å². The van der Waals surface area contributed by atoms with E-state index in [1.807, 2.05) is 60.3 Å². The van der Waals surface area contributed by atoms with Gasteiger partial charge in [0.1, 0.15) is 11.2 Å². The maximum Gasteiger partial charge on any atom is 0.162 e. The Morgan fingerprint density at radius 1 is 0.491 bits per heavy atom. The molecular weight excluding hydrogens is 667 g/mol. The van der Waals surface area contributed by atoms with Crippen LogP contribution >= 0.6 is 11.3 Å². The molecule has 0 saturated carbocycles. The number of rotatable bonds is 4. The number of nitrogens with zero attached hydrogens (tertiary/aromatic N) is 3. The van der Waals surface area contributed by atoms with Crippen LogP contribution in [0.3, 0.4) is 0 Å². The summed E-state index contributed by atoms with van der Waals surface area (Å²) in [6.45, 7) is 4.65. The summed E-state index contributed by atoms with van der Waals surface area (Å²) >= 11 is 1.84. The molecule has 0 bridgehead atoms. The number of aromatic nitrogens is 3. The molecule has 0 N–H and O–H groups in total. The largest absolute Gasteiger partial charge is 0.455 e.